The second-order valence-corrected chi connectivity index (χ2v) is 24.3. The molecule has 7 rings (SSSR count). The molecule has 1 unspecified atom stereocenters. The Morgan fingerprint density at radius 2 is 1.65 bits per heavy atom. The van der Waals surface area contributed by atoms with Crippen LogP contribution in [-0.2, 0) is 57.1 Å². The van der Waals surface area contributed by atoms with Crippen molar-refractivity contribution in [1.29, 1.82) is 0 Å². The molecule has 1 aromatic carbocycles. The van der Waals surface area contributed by atoms with Crippen LogP contribution in [0.4, 0.5) is 4.79 Å². The highest BCUT2D eigenvalue weighted by atomic mass is 33.1. The van der Waals surface area contributed by atoms with E-state index in [9.17, 15) is 29.1 Å². The van der Waals surface area contributed by atoms with Gasteiger partial charge in [-0.2, -0.15) is 0 Å². The highest BCUT2D eigenvalue weighted by Crippen LogP contribution is 2.80. The van der Waals surface area contributed by atoms with E-state index in [1.807, 2.05) is 32.9 Å². The quantitative estimate of drug-likeness (QED) is 0.0501. The summed E-state index contributed by atoms with van der Waals surface area (Å²) in [6, 6.07) is 6.83. The van der Waals surface area contributed by atoms with E-state index in [0.29, 0.717) is 30.6 Å². The number of ketones is 1. The number of carbonyl (C=O) groups is 7. The maximum Gasteiger partial charge on any atom is 0.509 e. The van der Waals surface area contributed by atoms with E-state index in [0.717, 1.165) is 19.1 Å². The van der Waals surface area contributed by atoms with Gasteiger partial charge >= 0.3 is 30.0 Å². The summed E-state index contributed by atoms with van der Waals surface area (Å²) in [4.78, 5) is 99.7. The summed E-state index contributed by atoms with van der Waals surface area (Å²) >= 11 is 0. The highest BCUT2D eigenvalue weighted by molar-refractivity contribution is 8.76. The van der Waals surface area contributed by atoms with Gasteiger partial charge in [0.2, 0.25) is 12.0 Å². The van der Waals surface area contributed by atoms with Crippen LogP contribution in [0.3, 0.4) is 0 Å². The van der Waals surface area contributed by atoms with Crippen molar-refractivity contribution in [2.45, 2.75) is 162 Å². The fourth-order valence-electron chi connectivity index (χ4n) is 12.1. The number of hydrogen-bond donors (Lipinski definition) is 2. The normalized spacial score (nSPS) is 32.0. The van der Waals surface area contributed by atoms with Gasteiger partial charge in [-0.1, -0.05) is 106 Å². The molecule has 4 fully saturated rings. The Bertz CT molecular complexity index is 2380. The van der Waals surface area contributed by atoms with Gasteiger partial charge in [0.05, 0.1) is 17.6 Å². The summed E-state index contributed by atoms with van der Waals surface area (Å²) in [5.41, 5.74) is -8.35. The molecule has 71 heavy (non-hydrogen) atoms. The van der Waals surface area contributed by atoms with E-state index < -0.39 is 123 Å². The lowest BCUT2D eigenvalue weighted by molar-refractivity contribution is -0.356. The third-order valence-corrected chi connectivity index (χ3v) is 18.1. The molecule has 1 amide bonds. The summed E-state index contributed by atoms with van der Waals surface area (Å²) in [5, 5.41) is 17.1. The monoisotopic (exact) mass is 1020 g/mol. The Labute approximate surface area is 423 Å². The van der Waals surface area contributed by atoms with E-state index in [1.54, 1.807) is 74.9 Å². The molecule has 0 radical (unpaired) electrons. The van der Waals surface area contributed by atoms with E-state index in [2.05, 4.69) is 12.2 Å². The van der Waals surface area contributed by atoms with Crippen LogP contribution < -0.4 is 5.32 Å². The average molecular weight is 1020 g/mol. The number of Topliss-reactive ketones (excluding diaryl/α,β-unsaturated/α-hetero) is 1. The third kappa shape index (κ3) is 9.95. The molecule has 3 saturated carbocycles. The Hall–Kier alpha value is -4.65. The Kier molecular flexibility index (Phi) is 15.8. The number of fused-ring (bicyclic) bond motifs is 4. The highest BCUT2D eigenvalue weighted by Gasteiger charge is 2.89. The van der Waals surface area contributed by atoms with Crippen LogP contribution in [0.25, 0.3) is 0 Å². The number of ether oxygens (including phenoxy) is 7. The lowest BCUT2D eigenvalue weighted by atomic mass is 9.42. The average Bonchev–Trinajstić information content (AvgIpc) is 4.04. The summed E-state index contributed by atoms with van der Waals surface area (Å²) in [6.07, 6.45) is -0.940. The minimum atomic E-state index is -2.33. The van der Waals surface area contributed by atoms with Gasteiger partial charge in [0, 0.05) is 49.0 Å². The van der Waals surface area contributed by atoms with Crippen LogP contribution in [0.2, 0.25) is 0 Å². The van der Waals surface area contributed by atoms with Gasteiger partial charge < -0.3 is 43.6 Å². The number of allylic oxidation sites excluding steroid dienone is 2. The molecule has 5 aliphatic carbocycles. The van der Waals surface area contributed by atoms with Crippen LogP contribution in [0.1, 0.15) is 125 Å². The van der Waals surface area contributed by atoms with E-state index >= 15 is 9.59 Å². The second kappa shape index (κ2) is 20.7. The van der Waals surface area contributed by atoms with Crippen LogP contribution in [-0.4, -0.2) is 119 Å². The van der Waals surface area contributed by atoms with Gasteiger partial charge in [-0.05, 0) is 79.2 Å². The summed E-state index contributed by atoms with van der Waals surface area (Å²) in [5.74, 6) is -3.58. The Morgan fingerprint density at radius 3 is 2.25 bits per heavy atom. The minimum absolute atomic E-state index is 0.0436. The molecule has 2 N–H and O–H groups in total. The number of amides is 1. The maximum atomic E-state index is 15.9. The van der Waals surface area contributed by atoms with E-state index in [4.69, 9.17) is 33.2 Å². The second-order valence-electron chi connectivity index (χ2n) is 21.6. The molecule has 1 aromatic rings. The number of hydrogen-bond acceptors (Lipinski definition) is 17. The van der Waals surface area contributed by atoms with Gasteiger partial charge in [-0.25, -0.2) is 14.4 Å². The van der Waals surface area contributed by atoms with Crippen molar-refractivity contribution in [2.24, 2.45) is 27.6 Å². The lowest BCUT2D eigenvalue weighted by Gasteiger charge is -2.69. The zero-order valence-electron chi connectivity index (χ0n) is 42.4. The fraction of sp³-hybridized carbons (Fsp3) is 0.642. The minimum Gasteiger partial charge on any atom is -0.455 e. The van der Waals surface area contributed by atoms with Crippen molar-refractivity contribution >= 4 is 63.3 Å². The molecule has 1 saturated heterocycles. The maximum absolute atomic E-state index is 15.9. The Balaban J connectivity index is 1.38. The molecule has 1 spiro atoms. The zero-order valence-corrected chi connectivity index (χ0v) is 44.1. The van der Waals surface area contributed by atoms with Gasteiger partial charge in [-0.3, -0.25) is 19.2 Å². The number of carbonyl (C=O) groups excluding carboxylic acids is 7. The largest absolute Gasteiger partial charge is 0.509 e. The lowest BCUT2D eigenvalue weighted by Crippen LogP contribution is -2.82. The van der Waals surface area contributed by atoms with E-state index in [-0.39, 0.29) is 42.8 Å². The standard InChI is InChI=1S/C53H69NO15S2/c1-11-23-70-71-24-22-63-47(61)67-42(40(33-18-14-12-15-19-33)54-38(57)28-48(5,6)7)45(60)66-36-27-52(62)46(68-44(59)34-20-16-13-17-21-34)50(10)51(26-35(51)25-37-53(50,29-64-37)69-32(4)56)43(58)41(65-31(3)55)39(30(36)2)49(52,8)9/h13-14,16-21,35-37,40-42,46,62H,11-12,15,22-29H2,1-10H3,(H,54,57)/t35-,36+,37-,40+,41-,42?,46+,50+,51+,52-,53+/m1/s1. The molecular weight excluding hydrogens is 955 g/mol. The molecular formula is C53H69NO15S2. The van der Waals surface area contributed by atoms with Gasteiger partial charge in [0.25, 0.3) is 0 Å². The van der Waals surface area contributed by atoms with Crippen LogP contribution in [0, 0.1) is 27.6 Å². The van der Waals surface area contributed by atoms with Crippen molar-refractivity contribution in [1.82, 2.24) is 5.32 Å². The first-order valence-corrected chi connectivity index (χ1v) is 27.0. The molecule has 11 atom stereocenters. The molecule has 16 nitrogen and oxygen atoms in total. The molecule has 388 valence electrons. The van der Waals surface area contributed by atoms with Crippen LogP contribution in [0.15, 0.2) is 65.3 Å². The zero-order chi connectivity index (χ0) is 51.9. The summed E-state index contributed by atoms with van der Waals surface area (Å²) in [7, 11) is 3.14. The van der Waals surface area contributed by atoms with Crippen molar-refractivity contribution in [3.63, 3.8) is 0 Å². The number of aliphatic hydroxyl groups is 1. The van der Waals surface area contributed by atoms with Gasteiger partial charge in [0.15, 0.2) is 17.5 Å². The Morgan fingerprint density at radius 1 is 0.944 bits per heavy atom. The van der Waals surface area contributed by atoms with Crippen LogP contribution in [0.5, 0.6) is 0 Å². The number of nitrogens with one attached hydrogen (secondary N) is 1. The molecule has 18 heteroatoms. The van der Waals surface area contributed by atoms with Gasteiger partial charge in [0.1, 0.15) is 36.6 Å². The number of esters is 4. The molecule has 0 aromatic heterocycles. The predicted molar refractivity (Wildman–Crippen MR) is 264 cm³/mol. The molecule has 6 aliphatic rings. The topological polar surface area (TPSA) is 216 Å². The van der Waals surface area contributed by atoms with Crippen molar-refractivity contribution in [3.05, 3.63) is 70.8 Å². The fourth-order valence-corrected chi connectivity index (χ4v) is 14.1. The summed E-state index contributed by atoms with van der Waals surface area (Å²) in [6.45, 7) is 16.4. The van der Waals surface area contributed by atoms with Crippen molar-refractivity contribution in [3.8, 4) is 0 Å². The first-order valence-electron chi connectivity index (χ1n) is 24.5. The van der Waals surface area contributed by atoms with Gasteiger partial charge in [-0.15, -0.1) is 0 Å². The number of rotatable bonds is 17. The molecule has 2 bridgehead atoms. The van der Waals surface area contributed by atoms with Crippen LogP contribution >= 0.6 is 21.6 Å². The van der Waals surface area contributed by atoms with Crippen molar-refractivity contribution in [2.75, 3.05) is 24.7 Å². The SMILES string of the molecule is CCCSSCCOC(=O)OC(C(=O)O[C@H]1C[C@@]2(O)[C@@H](OC(=O)c3ccccc3)[C@]3(C)[C@]4(OC(C)=O)CO[C@@H]4C[C@@H]4C[C@@]43C(=O)[C@H](OC(C)=O)C(=C1C)C2(C)C)[C@@H](NC(=O)CC(C)(C)C)C1=CCCC=C1. The smallest absolute Gasteiger partial charge is 0.455 e. The number of benzene rings is 1. The first kappa shape index (κ1) is 54.1. The predicted octanol–water partition coefficient (Wildman–Crippen LogP) is 7.74. The first-order chi connectivity index (χ1) is 33.4. The third-order valence-electron chi connectivity index (χ3n) is 15.5. The van der Waals surface area contributed by atoms with Crippen molar-refractivity contribution < 1.29 is 71.8 Å². The summed E-state index contributed by atoms with van der Waals surface area (Å²) < 4.78 is 43.0. The molecule has 1 heterocycles. The van der Waals surface area contributed by atoms with E-state index in [1.165, 1.54) is 17.7 Å². The molecule has 1 aliphatic heterocycles.